The molecule has 7 nitrogen and oxygen atoms in total. The molecule has 2 amide bonds. The van der Waals surface area contributed by atoms with Gasteiger partial charge in [0, 0.05) is 12.3 Å². The van der Waals surface area contributed by atoms with Gasteiger partial charge < -0.3 is 14.6 Å². The second kappa shape index (κ2) is 6.51. The maximum Gasteiger partial charge on any atom is 0.417 e. The Morgan fingerprint density at radius 2 is 1.79 bits per heavy atom. The molecule has 0 aliphatic carbocycles. The van der Waals surface area contributed by atoms with E-state index in [-0.39, 0.29) is 6.42 Å². The van der Waals surface area contributed by atoms with E-state index in [1.54, 1.807) is 45.0 Å². The van der Waals surface area contributed by atoms with E-state index in [9.17, 15) is 19.5 Å². The largest absolute Gasteiger partial charge is 0.497 e. The molecule has 2 atom stereocenters. The number of ether oxygens (including phenoxy) is 2. The Kier molecular flexibility index (Phi) is 4.82. The first-order valence-corrected chi connectivity index (χ1v) is 7.56. The van der Waals surface area contributed by atoms with Crippen molar-refractivity contribution in [3.8, 4) is 5.75 Å². The molecule has 0 bridgehead atoms. The van der Waals surface area contributed by atoms with Crippen molar-refractivity contribution in [1.29, 1.82) is 0 Å². The summed E-state index contributed by atoms with van der Waals surface area (Å²) in [6.45, 7) is 4.96. The molecule has 0 spiro atoms. The van der Waals surface area contributed by atoms with Crippen LogP contribution in [0.3, 0.4) is 0 Å². The van der Waals surface area contributed by atoms with E-state index in [4.69, 9.17) is 9.47 Å². The number of methoxy groups -OCH3 is 1. The molecule has 130 valence electrons. The summed E-state index contributed by atoms with van der Waals surface area (Å²) in [5.41, 5.74) is -0.166. The van der Waals surface area contributed by atoms with E-state index < -0.39 is 35.5 Å². The van der Waals surface area contributed by atoms with Crippen LogP contribution < -0.4 is 4.74 Å². The van der Waals surface area contributed by atoms with Crippen LogP contribution in [0.5, 0.6) is 5.75 Å². The highest BCUT2D eigenvalue weighted by Crippen LogP contribution is 2.36. The Morgan fingerprint density at radius 3 is 2.25 bits per heavy atom. The second-order valence-electron chi connectivity index (χ2n) is 6.61. The highest BCUT2D eigenvalue weighted by molar-refractivity contribution is 6.00. The predicted octanol–water partition coefficient (Wildman–Crippen LogP) is 2.40. The van der Waals surface area contributed by atoms with Gasteiger partial charge in [0.25, 0.3) is 0 Å². The van der Waals surface area contributed by atoms with Crippen LogP contribution in [0.1, 0.15) is 38.7 Å². The lowest BCUT2D eigenvalue weighted by molar-refractivity contribution is -0.146. The first kappa shape index (κ1) is 17.8. The Hall–Kier alpha value is -2.57. The first-order chi connectivity index (χ1) is 11.1. The molecule has 1 saturated heterocycles. The number of imide groups is 1. The second-order valence-corrected chi connectivity index (χ2v) is 6.61. The highest BCUT2D eigenvalue weighted by atomic mass is 16.6. The molecule has 0 aromatic heterocycles. The van der Waals surface area contributed by atoms with Gasteiger partial charge in [-0.2, -0.15) is 0 Å². The third-order valence-electron chi connectivity index (χ3n) is 3.71. The fourth-order valence-electron chi connectivity index (χ4n) is 2.69. The SMILES string of the molecule is COc1ccc([C@H]2CC(=O)N(C(=O)OC(C)(C)C)[C@@H]2C(=O)O)cc1. The summed E-state index contributed by atoms with van der Waals surface area (Å²) in [5.74, 6) is -1.81. The summed E-state index contributed by atoms with van der Waals surface area (Å²) in [6, 6.07) is 5.49. The standard InChI is InChI=1S/C17H21NO6/c1-17(2,3)24-16(22)18-13(19)9-12(14(18)15(20)21)10-5-7-11(23-4)8-6-10/h5-8,12,14H,9H2,1-4H3,(H,20,21)/t12-,14+/m1/s1. The van der Waals surface area contributed by atoms with E-state index in [0.29, 0.717) is 16.2 Å². The third-order valence-corrected chi connectivity index (χ3v) is 3.71. The smallest absolute Gasteiger partial charge is 0.417 e. The quantitative estimate of drug-likeness (QED) is 0.912. The first-order valence-electron chi connectivity index (χ1n) is 7.56. The predicted molar refractivity (Wildman–Crippen MR) is 84.9 cm³/mol. The van der Waals surface area contributed by atoms with Gasteiger partial charge in [-0.15, -0.1) is 0 Å². The van der Waals surface area contributed by atoms with E-state index in [2.05, 4.69) is 0 Å². The molecule has 0 saturated carbocycles. The number of nitrogens with zero attached hydrogens (tertiary/aromatic N) is 1. The van der Waals surface area contributed by atoms with Crippen LogP contribution in [-0.2, 0) is 14.3 Å². The van der Waals surface area contributed by atoms with E-state index in [1.165, 1.54) is 7.11 Å². The molecule has 1 fully saturated rings. The van der Waals surface area contributed by atoms with Gasteiger partial charge in [0.2, 0.25) is 5.91 Å². The van der Waals surface area contributed by atoms with Gasteiger partial charge in [-0.05, 0) is 38.5 Å². The summed E-state index contributed by atoms with van der Waals surface area (Å²) in [6.07, 6.45) is -1.00. The van der Waals surface area contributed by atoms with Crippen molar-refractivity contribution in [2.45, 2.75) is 44.8 Å². The highest BCUT2D eigenvalue weighted by Gasteiger charge is 2.49. The number of hydrogen-bond donors (Lipinski definition) is 1. The minimum absolute atomic E-state index is 0.0669. The van der Waals surface area contributed by atoms with Crippen LogP contribution in [0.4, 0.5) is 4.79 Å². The Balaban J connectivity index is 2.32. The van der Waals surface area contributed by atoms with Crippen LogP contribution in [0, 0.1) is 0 Å². The lowest BCUT2D eigenvalue weighted by Crippen LogP contribution is -2.46. The van der Waals surface area contributed by atoms with Gasteiger partial charge in [0.05, 0.1) is 7.11 Å². The van der Waals surface area contributed by atoms with Gasteiger partial charge in [0.15, 0.2) is 0 Å². The third kappa shape index (κ3) is 3.67. The van der Waals surface area contributed by atoms with E-state index in [0.717, 1.165) is 0 Å². The Morgan fingerprint density at radius 1 is 1.21 bits per heavy atom. The average Bonchev–Trinajstić information content (AvgIpc) is 2.83. The van der Waals surface area contributed by atoms with Gasteiger partial charge in [-0.1, -0.05) is 12.1 Å². The number of hydrogen-bond acceptors (Lipinski definition) is 5. The van der Waals surface area contributed by atoms with Gasteiger partial charge in [-0.25, -0.2) is 14.5 Å². The fraction of sp³-hybridized carbons (Fsp3) is 0.471. The Bertz CT molecular complexity index is 646. The molecule has 7 heteroatoms. The van der Waals surface area contributed by atoms with E-state index in [1.807, 2.05) is 0 Å². The minimum Gasteiger partial charge on any atom is -0.497 e. The molecular weight excluding hydrogens is 314 g/mol. The molecule has 0 radical (unpaired) electrons. The van der Waals surface area contributed by atoms with Crippen molar-refractivity contribution in [1.82, 2.24) is 4.90 Å². The summed E-state index contributed by atoms with van der Waals surface area (Å²) >= 11 is 0. The molecule has 2 rings (SSSR count). The summed E-state index contributed by atoms with van der Waals surface area (Å²) in [7, 11) is 1.53. The molecule has 1 heterocycles. The number of amides is 2. The monoisotopic (exact) mass is 335 g/mol. The average molecular weight is 335 g/mol. The number of likely N-dealkylation sites (tertiary alicyclic amines) is 1. The van der Waals surface area contributed by atoms with Crippen LogP contribution >= 0.6 is 0 Å². The molecule has 24 heavy (non-hydrogen) atoms. The molecule has 0 unspecified atom stereocenters. The Labute approximate surface area is 140 Å². The molecule has 1 aliphatic heterocycles. The molecule has 1 aromatic carbocycles. The van der Waals surface area contributed by atoms with E-state index >= 15 is 0 Å². The fourth-order valence-corrected chi connectivity index (χ4v) is 2.69. The molecule has 1 aromatic rings. The molecule has 1 aliphatic rings. The van der Waals surface area contributed by atoms with Crippen LogP contribution in [-0.4, -0.2) is 46.7 Å². The van der Waals surface area contributed by atoms with Crippen LogP contribution in [0.2, 0.25) is 0 Å². The van der Waals surface area contributed by atoms with Gasteiger partial charge in [-0.3, -0.25) is 4.79 Å². The van der Waals surface area contributed by atoms with Crippen LogP contribution in [0.15, 0.2) is 24.3 Å². The zero-order valence-corrected chi connectivity index (χ0v) is 14.1. The number of rotatable bonds is 3. The minimum atomic E-state index is -1.29. The summed E-state index contributed by atoms with van der Waals surface area (Å²) in [5, 5.41) is 9.55. The number of carbonyl (C=O) groups excluding carboxylic acids is 2. The summed E-state index contributed by atoms with van der Waals surface area (Å²) in [4.78, 5) is 36.9. The topological polar surface area (TPSA) is 93.1 Å². The maximum atomic E-state index is 12.3. The van der Waals surface area contributed by atoms with Crippen LogP contribution in [0.25, 0.3) is 0 Å². The zero-order valence-electron chi connectivity index (χ0n) is 14.1. The van der Waals surface area contributed by atoms with Crippen molar-refractivity contribution in [3.63, 3.8) is 0 Å². The number of benzene rings is 1. The number of aliphatic carboxylic acids is 1. The lowest BCUT2D eigenvalue weighted by Gasteiger charge is -2.27. The molecular formula is C17H21NO6. The van der Waals surface area contributed by atoms with Crippen molar-refractivity contribution < 1.29 is 29.0 Å². The van der Waals surface area contributed by atoms with Crippen molar-refractivity contribution in [3.05, 3.63) is 29.8 Å². The summed E-state index contributed by atoms with van der Waals surface area (Å²) < 4.78 is 10.2. The normalized spacial score (nSPS) is 20.8. The van der Waals surface area contributed by atoms with Gasteiger partial charge >= 0.3 is 12.1 Å². The van der Waals surface area contributed by atoms with Crippen molar-refractivity contribution in [2.24, 2.45) is 0 Å². The lowest BCUT2D eigenvalue weighted by atomic mass is 9.91. The van der Waals surface area contributed by atoms with Gasteiger partial charge in [0.1, 0.15) is 17.4 Å². The maximum absolute atomic E-state index is 12.3. The zero-order chi connectivity index (χ0) is 18.1. The van der Waals surface area contributed by atoms with Crippen molar-refractivity contribution in [2.75, 3.05) is 7.11 Å². The van der Waals surface area contributed by atoms with Crippen molar-refractivity contribution >= 4 is 18.0 Å². The number of carboxylic acid groups (broad SMARTS) is 1. The number of carboxylic acids is 1. The number of carbonyl (C=O) groups is 3. The molecule has 1 N–H and O–H groups in total.